The molecule has 0 fully saturated rings. The highest BCUT2D eigenvalue weighted by Gasteiger charge is 2.27. The lowest BCUT2D eigenvalue weighted by atomic mass is 10.1. The van der Waals surface area contributed by atoms with E-state index >= 15 is 0 Å². The van der Waals surface area contributed by atoms with Gasteiger partial charge in [-0.25, -0.2) is 9.67 Å². The maximum atomic E-state index is 13.0. The largest absolute Gasteiger partial charge is 0.295 e. The van der Waals surface area contributed by atoms with Crippen LogP contribution in [0.15, 0.2) is 41.2 Å². The minimum Gasteiger partial charge on any atom is -0.295 e. The van der Waals surface area contributed by atoms with Crippen molar-refractivity contribution in [2.24, 2.45) is 0 Å². The van der Waals surface area contributed by atoms with Crippen LogP contribution in [-0.2, 0) is 6.42 Å². The average molecular weight is 462 g/mol. The number of aromatic nitrogens is 4. The molecule has 2 aliphatic rings. The second kappa shape index (κ2) is 8.06. The minimum atomic E-state index is -0.331. The van der Waals surface area contributed by atoms with E-state index in [1.165, 1.54) is 0 Å². The fourth-order valence-electron chi connectivity index (χ4n) is 3.39. The molecule has 0 aliphatic carbocycles. The molecule has 4 rings (SSSR count). The van der Waals surface area contributed by atoms with Gasteiger partial charge < -0.3 is 0 Å². The van der Waals surface area contributed by atoms with E-state index in [1.807, 2.05) is 45.0 Å². The maximum Gasteiger partial charge on any atom is 0.284 e. The quantitative estimate of drug-likeness (QED) is 0.403. The minimum absolute atomic E-state index is 0.0397. The maximum absolute atomic E-state index is 13.0. The second-order valence-electron chi connectivity index (χ2n) is 7.54. The molecule has 2 aliphatic heterocycles. The van der Waals surface area contributed by atoms with E-state index in [0.717, 1.165) is 16.8 Å². The van der Waals surface area contributed by atoms with Crippen LogP contribution in [-0.4, -0.2) is 19.7 Å². The van der Waals surface area contributed by atoms with Gasteiger partial charge in [-0.2, -0.15) is 4.98 Å². The van der Waals surface area contributed by atoms with Crippen LogP contribution in [0.1, 0.15) is 42.4 Å². The van der Waals surface area contributed by atoms with E-state index in [-0.39, 0.29) is 11.5 Å². The lowest BCUT2D eigenvalue weighted by Crippen LogP contribution is -2.17. The highest BCUT2D eigenvalue weighted by Crippen LogP contribution is 2.36. The third-order valence-electron chi connectivity index (χ3n) is 4.88. The van der Waals surface area contributed by atoms with Crippen molar-refractivity contribution in [3.8, 4) is 17.1 Å². The van der Waals surface area contributed by atoms with Crippen LogP contribution in [0, 0.1) is 6.92 Å². The van der Waals surface area contributed by atoms with Gasteiger partial charge in [-0.1, -0.05) is 78.5 Å². The zero-order chi connectivity index (χ0) is 21.6. The van der Waals surface area contributed by atoms with E-state index in [0.29, 0.717) is 44.4 Å². The zero-order valence-corrected chi connectivity index (χ0v) is 18.9. The van der Waals surface area contributed by atoms with E-state index in [9.17, 15) is 4.79 Å². The molecule has 0 radical (unpaired) electrons. The topological polar surface area (TPSA) is 63.6 Å². The van der Waals surface area contributed by atoms with Crippen LogP contribution in [0.3, 0.4) is 0 Å². The molecular weight excluding hydrogens is 443 g/mol. The van der Waals surface area contributed by atoms with Crippen molar-refractivity contribution in [3.63, 3.8) is 0 Å². The Balaban J connectivity index is 1.93. The van der Waals surface area contributed by atoms with Crippen LogP contribution >= 0.6 is 34.8 Å². The number of aryl methyl sites for hydroxylation is 1. The van der Waals surface area contributed by atoms with Gasteiger partial charge in [0.05, 0.1) is 15.7 Å². The Hall–Kier alpha value is -2.34. The van der Waals surface area contributed by atoms with Gasteiger partial charge >= 0.3 is 0 Å². The van der Waals surface area contributed by atoms with Crippen molar-refractivity contribution >= 4 is 34.8 Å². The number of hydrogen-bond donors (Lipinski definition) is 1. The monoisotopic (exact) mass is 460 g/mol. The number of benzene rings is 2. The van der Waals surface area contributed by atoms with Gasteiger partial charge in [0.2, 0.25) is 0 Å². The summed E-state index contributed by atoms with van der Waals surface area (Å²) in [6.45, 7) is 6.00. The third kappa shape index (κ3) is 3.85. The predicted octanol–water partition coefficient (Wildman–Crippen LogP) is 6.04. The Kier molecular flexibility index (Phi) is 5.62. The number of halogens is 3. The van der Waals surface area contributed by atoms with Gasteiger partial charge in [0.25, 0.3) is 5.56 Å². The SMILES string of the molecule is Cc1ccc(Cc2nc3n(-c4c(Cl)cc(Cl)cc4Cl)[nH]c(C(C)C)c-3c(=O)n2)cc1. The van der Waals surface area contributed by atoms with Crippen LogP contribution in [0.4, 0.5) is 0 Å². The third-order valence-corrected chi connectivity index (χ3v) is 5.68. The predicted molar refractivity (Wildman–Crippen MR) is 122 cm³/mol. The number of rotatable bonds is 4. The highest BCUT2D eigenvalue weighted by molar-refractivity contribution is 6.40. The summed E-state index contributed by atoms with van der Waals surface area (Å²) in [6, 6.07) is 11.3. The average Bonchev–Trinajstić information content (AvgIpc) is 3.03. The summed E-state index contributed by atoms with van der Waals surface area (Å²) in [5, 5.41) is 4.37. The molecule has 2 aromatic carbocycles. The molecule has 2 heterocycles. The summed E-state index contributed by atoms with van der Waals surface area (Å²) >= 11 is 19.0. The smallest absolute Gasteiger partial charge is 0.284 e. The molecule has 0 atom stereocenters. The normalized spacial score (nSPS) is 11.6. The van der Waals surface area contributed by atoms with Crippen molar-refractivity contribution < 1.29 is 0 Å². The van der Waals surface area contributed by atoms with Crippen LogP contribution in [0.2, 0.25) is 15.1 Å². The summed E-state index contributed by atoms with van der Waals surface area (Å²) < 4.78 is 1.65. The van der Waals surface area contributed by atoms with Gasteiger partial charge in [-0.3, -0.25) is 9.89 Å². The molecule has 0 saturated carbocycles. The first kappa shape index (κ1) is 20.9. The van der Waals surface area contributed by atoms with Crippen molar-refractivity contribution in [1.82, 2.24) is 19.7 Å². The van der Waals surface area contributed by atoms with Crippen molar-refractivity contribution in [3.05, 3.63) is 84.5 Å². The van der Waals surface area contributed by atoms with Crippen LogP contribution in [0.5, 0.6) is 0 Å². The molecule has 0 bridgehead atoms. The molecule has 0 amide bonds. The number of nitrogens with zero attached hydrogens (tertiary/aromatic N) is 3. The fourth-order valence-corrected chi connectivity index (χ4v) is 4.38. The lowest BCUT2D eigenvalue weighted by Gasteiger charge is -2.11. The summed E-state index contributed by atoms with van der Waals surface area (Å²) in [5.74, 6) is 0.908. The van der Waals surface area contributed by atoms with Crippen molar-refractivity contribution in [2.45, 2.75) is 33.1 Å². The van der Waals surface area contributed by atoms with Crippen LogP contribution < -0.4 is 5.56 Å². The van der Waals surface area contributed by atoms with Crippen molar-refractivity contribution in [2.75, 3.05) is 0 Å². The number of aromatic amines is 1. The highest BCUT2D eigenvalue weighted by atomic mass is 35.5. The van der Waals surface area contributed by atoms with Gasteiger partial charge in [-0.05, 0) is 30.5 Å². The summed E-state index contributed by atoms with van der Waals surface area (Å²) in [6.07, 6.45) is 0.440. The first-order valence-corrected chi connectivity index (χ1v) is 10.6. The molecule has 8 heteroatoms. The van der Waals surface area contributed by atoms with Gasteiger partial charge in [-0.15, -0.1) is 0 Å². The van der Waals surface area contributed by atoms with E-state index in [1.54, 1.807) is 16.8 Å². The van der Waals surface area contributed by atoms with E-state index < -0.39 is 0 Å². The first-order valence-electron chi connectivity index (χ1n) is 9.46. The Morgan fingerprint density at radius 2 is 1.67 bits per heavy atom. The molecule has 0 spiro atoms. The summed E-state index contributed by atoms with van der Waals surface area (Å²) in [5.41, 5.74) is 3.49. The molecular formula is C22H19Cl3N4O. The Morgan fingerprint density at radius 3 is 2.27 bits per heavy atom. The van der Waals surface area contributed by atoms with E-state index in [2.05, 4.69) is 10.1 Å². The van der Waals surface area contributed by atoms with Gasteiger partial charge in [0.15, 0.2) is 5.82 Å². The molecule has 1 N–H and O–H groups in total. The van der Waals surface area contributed by atoms with Crippen molar-refractivity contribution in [1.29, 1.82) is 0 Å². The summed E-state index contributed by atoms with van der Waals surface area (Å²) in [4.78, 5) is 21.9. The number of hydrogen-bond acceptors (Lipinski definition) is 3. The number of H-pyrrole nitrogens is 1. The number of fused-ring (bicyclic) bond motifs is 1. The Labute approximate surface area is 189 Å². The zero-order valence-electron chi connectivity index (χ0n) is 16.6. The van der Waals surface area contributed by atoms with Crippen LogP contribution in [0.25, 0.3) is 17.1 Å². The number of nitrogens with one attached hydrogen (secondary N) is 1. The molecule has 2 aromatic rings. The Morgan fingerprint density at radius 1 is 1.03 bits per heavy atom. The molecule has 154 valence electrons. The van der Waals surface area contributed by atoms with E-state index in [4.69, 9.17) is 39.8 Å². The first-order chi connectivity index (χ1) is 14.2. The van der Waals surface area contributed by atoms with Gasteiger partial charge in [0, 0.05) is 11.4 Å². The molecule has 5 nitrogen and oxygen atoms in total. The molecule has 0 saturated heterocycles. The second-order valence-corrected chi connectivity index (χ2v) is 8.79. The van der Waals surface area contributed by atoms with Gasteiger partial charge in [0.1, 0.15) is 17.1 Å². The fraction of sp³-hybridized carbons (Fsp3) is 0.227. The molecule has 0 unspecified atom stereocenters. The lowest BCUT2D eigenvalue weighted by molar-refractivity contribution is 0.771. The molecule has 30 heavy (non-hydrogen) atoms. The Bertz CT molecular complexity index is 1240. The molecule has 0 aromatic heterocycles. The summed E-state index contributed by atoms with van der Waals surface area (Å²) in [7, 11) is 0. The standard InChI is InChI=1S/C22H19Cl3N4O/c1-11(2)19-18-21(29(28-19)20-15(24)9-14(23)10-16(20)25)26-17(27-22(18)30)8-13-6-4-12(3)5-7-13/h4-7,9-11,28H,8H2,1-3H3.